The molecule has 2 aliphatic heterocycles. The van der Waals surface area contributed by atoms with E-state index in [1.807, 2.05) is 19.1 Å². The summed E-state index contributed by atoms with van der Waals surface area (Å²) in [6.45, 7) is 1.26. The Bertz CT molecular complexity index is 906. The van der Waals surface area contributed by atoms with Crippen molar-refractivity contribution in [2.24, 2.45) is 0 Å². The summed E-state index contributed by atoms with van der Waals surface area (Å²) in [5, 5.41) is 60.2. The minimum absolute atomic E-state index is 0.183. The maximum Gasteiger partial charge on any atom is 0.331 e. The van der Waals surface area contributed by atoms with Crippen molar-refractivity contribution >= 4 is 5.97 Å². The maximum absolute atomic E-state index is 12.1. The third-order valence-electron chi connectivity index (χ3n) is 6.38. The predicted octanol–water partition coefficient (Wildman–Crippen LogP) is 1.52. The van der Waals surface area contributed by atoms with Crippen molar-refractivity contribution < 1.29 is 49.6 Å². The molecule has 0 unspecified atom stereocenters. The fraction of sp³-hybridized carbons (Fsp3) is 0.567. The van der Waals surface area contributed by atoms with Crippen LogP contribution in [0.1, 0.15) is 45.4 Å². The molecule has 10 heteroatoms. The quantitative estimate of drug-likeness (QED) is 0.277. The van der Waals surface area contributed by atoms with Gasteiger partial charge in [-0.15, -0.1) is 0 Å². The number of rotatable bonds is 3. The standard InChI is InChI=1S/C30H44O10/c1-21-13-7-3-2-4-8-14-22(32)19-23(33)15-9-5-10-16-24(17-11-6-12-18-26(34)38-21)39-30-29(37)28(36)27(35)25(20-31)40-30/h2,4-6,8-12,14,16,18,21-25,27-33,35-37H,3,7,13,15,17,19-20H2,1H3/t21-,22+,23+,24-,25+,27+,28-,29+,30+/m1/s1. The third-order valence-corrected chi connectivity index (χ3v) is 6.38. The van der Waals surface area contributed by atoms with E-state index >= 15 is 0 Å². The van der Waals surface area contributed by atoms with Crippen LogP contribution in [0, 0.1) is 0 Å². The fourth-order valence-electron chi connectivity index (χ4n) is 4.10. The second-order valence-corrected chi connectivity index (χ2v) is 9.89. The lowest BCUT2D eigenvalue weighted by atomic mass is 9.99. The average Bonchev–Trinajstić information content (AvgIpc) is 2.91. The lowest BCUT2D eigenvalue weighted by molar-refractivity contribution is -0.307. The molecule has 40 heavy (non-hydrogen) atoms. The summed E-state index contributed by atoms with van der Waals surface area (Å²) in [7, 11) is 0. The number of aliphatic hydroxyl groups excluding tert-OH is 6. The Hall–Kier alpha value is -2.41. The smallest absolute Gasteiger partial charge is 0.331 e. The van der Waals surface area contributed by atoms with E-state index in [9.17, 15) is 35.4 Å². The molecule has 0 spiro atoms. The molecular weight excluding hydrogens is 520 g/mol. The van der Waals surface area contributed by atoms with E-state index in [0.29, 0.717) is 19.3 Å². The lowest BCUT2D eigenvalue weighted by Crippen LogP contribution is -2.59. The van der Waals surface area contributed by atoms with E-state index in [1.54, 1.807) is 54.7 Å². The van der Waals surface area contributed by atoms with Crippen LogP contribution in [0.25, 0.3) is 0 Å². The number of hydrogen-bond donors (Lipinski definition) is 6. The van der Waals surface area contributed by atoms with Crippen LogP contribution in [0.15, 0.2) is 72.9 Å². The molecule has 10 nitrogen and oxygen atoms in total. The first-order valence-corrected chi connectivity index (χ1v) is 13.7. The van der Waals surface area contributed by atoms with Crippen LogP contribution in [0.5, 0.6) is 0 Å². The van der Waals surface area contributed by atoms with Gasteiger partial charge < -0.3 is 44.8 Å². The largest absolute Gasteiger partial charge is 0.460 e. The molecule has 0 aliphatic carbocycles. The molecule has 1 fully saturated rings. The summed E-state index contributed by atoms with van der Waals surface area (Å²) in [6.07, 6.45) is 13.9. The Labute approximate surface area is 235 Å². The zero-order chi connectivity index (χ0) is 29.3. The first-order chi connectivity index (χ1) is 19.2. The first kappa shape index (κ1) is 33.8. The van der Waals surface area contributed by atoms with E-state index in [1.165, 1.54) is 6.08 Å². The van der Waals surface area contributed by atoms with E-state index in [2.05, 4.69) is 0 Å². The van der Waals surface area contributed by atoms with Crippen molar-refractivity contribution in [3.63, 3.8) is 0 Å². The molecule has 1 saturated heterocycles. The van der Waals surface area contributed by atoms with E-state index in [0.717, 1.165) is 12.8 Å². The normalized spacial score (nSPS) is 35.8. The van der Waals surface area contributed by atoms with Gasteiger partial charge in [-0.2, -0.15) is 0 Å². The summed E-state index contributed by atoms with van der Waals surface area (Å²) in [4.78, 5) is 12.1. The number of carbonyl (C=O) groups excluding carboxylic acids is 1. The lowest BCUT2D eigenvalue weighted by Gasteiger charge is -2.40. The van der Waals surface area contributed by atoms with Gasteiger partial charge in [0.15, 0.2) is 6.29 Å². The number of hydrogen-bond acceptors (Lipinski definition) is 10. The molecule has 2 heterocycles. The number of allylic oxidation sites excluding steroid dienone is 7. The molecule has 2 rings (SSSR count). The van der Waals surface area contributed by atoms with Gasteiger partial charge in [0.1, 0.15) is 24.4 Å². The monoisotopic (exact) mass is 564 g/mol. The van der Waals surface area contributed by atoms with Crippen molar-refractivity contribution in [2.45, 2.75) is 101 Å². The second-order valence-electron chi connectivity index (χ2n) is 9.89. The molecule has 0 aromatic carbocycles. The number of esters is 1. The van der Waals surface area contributed by atoms with Crippen LogP contribution >= 0.6 is 0 Å². The Balaban J connectivity index is 2.12. The molecule has 2 aliphatic rings. The topological polar surface area (TPSA) is 166 Å². The third kappa shape index (κ3) is 12.8. The van der Waals surface area contributed by atoms with Gasteiger partial charge in [-0.25, -0.2) is 4.79 Å². The number of ether oxygens (including phenoxy) is 3. The van der Waals surface area contributed by atoms with Crippen molar-refractivity contribution in [1.82, 2.24) is 0 Å². The van der Waals surface area contributed by atoms with Crippen LogP contribution in [0.4, 0.5) is 0 Å². The van der Waals surface area contributed by atoms with Gasteiger partial charge in [-0.1, -0.05) is 66.8 Å². The minimum Gasteiger partial charge on any atom is -0.460 e. The molecule has 0 aromatic heterocycles. The zero-order valence-electron chi connectivity index (χ0n) is 22.9. The molecule has 0 radical (unpaired) electrons. The molecular formula is C30H44O10. The Morgan fingerprint density at radius 2 is 1.57 bits per heavy atom. The molecule has 0 aromatic rings. The van der Waals surface area contributed by atoms with E-state index in [4.69, 9.17) is 14.2 Å². The number of aliphatic hydroxyl groups is 6. The number of cyclic esters (lactones) is 1. The van der Waals surface area contributed by atoms with Gasteiger partial charge in [-0.05, 0) is 39.0 Å². The van der Waals surface area contributed by atoms with Crippen molar-refractivity contribution in [3.05, 3.63) is 72.9 Å². The van der Waals surface area contributed by atoms with Crippen LogP contribution in [-0.4, -0.2) is 98.3 Å². The van der Waals surface area contributed by atoms with E-state index < -0.39 is 61.6 Å². The highest BCUT2D eigenvalue weighted by Gasteiger charge is 2.44. The summed E-state index contributed by atoms with van der Waals surface area (Å²) in [6, 6.07) is 0. The van der Waals surface area contributed by atoms with E-state index in [-0.39, 0.29) is 12.5 Å². The van der Waals surface area contributed by atoms with Crippen LogP contribution in [0.3, 0.4) is 0 Å². The molecule has 0 amide bonds. The average molecular weight is 565 g/mol. The molecule has 224 valence electrons. The highest BCUT2D eigenvalue weighted by atomic mass is 16.7. The molecule has 0 saturated carbocycles. The van der Waals surface area contributed by atoms with Gasteiger partial charge in [0, 0.05) is 12.5 Å². The van der Waals surface area contributed by atoms with Crippen LogP contribution in [-0.2, 0) is 19.0 Å². The first-order valence-electron chi connectivity index (χ1n) is 13.7. The van der Waals surface area contributed by atoms with Gasteiger partial charge in [0.25, 0.3) is 0 Å². The zero-order valence-corrected chi connectivity index (χ0v) is 22.9. The van der Waals surface area contributed by atoms with Crippen LogP contribution in [0.2, 0.25) is 0 Å². The Morgan fingerprint density at radius 1 is 0.875 bits per heavy atom. The highest BCUT2D eigenvalue weighted by molar-refractivity contribution is 5.82. The highest BCUT2D eigenvalue weighted by Crippen LogP contribution is 2.24. The van der Waals surface area contributed by atoms with Crippen molar-refractivity contribution in [3.8, 4) is 0 Å². The minimum atomic E-state index is -1.57. The van der Waals surface area contributed by atoms with Gasteiger partial charge in [-0.3, -0.25) is 0 Å². The summed E-state index contributed by atoms with van der Waals surface area (Å²) in [5.41, 5.74) is 0. The summed E-state index contributed by atoms with van der Waals surface area (Å²) < 4.78 is 16.7. The fourth-order valence-corrected chi connectivity index (χ4v) is 4.10. The van der Waals surface area contributed by atoms with Gasteiger partial charge in [0.05, 0.1) is 31.0 Å². The van der Waals surface area contributed by atoms with Gasteiger partial charge >= 0.3 is 5.97 Å². The van der Waals surface area contributed by atoms with Crippen LogP contribution < -0.4 is 0 Å². The second kappa shape index (κ2) is 18.8. The molecule has 9 atom stereocenters. The summed E-state index contributed by atoms with van der Waals surface area (Å²) >= 11 is 0. The maximum atomic E-state index is 12.1. The Kier molecular flexibility index (Phi) is 15.9. The molecule has 6 N–H and O–H groups in total. The SMILES string of the molecule is C[C@@H]1CCCC=CC=C[C@H](O)C[C@@H](O)CC=CC=C[C@@H](O[C@H]2O[C@@H](CO)[C@H](O)[C@@H](O)[C@@H]2O)CC=CC=CC(=O)O1. The van der Waals surface area contributed by atoms with Gasteiger partial charge in [0.2, 0.25) is 0 Å². The Morgan fingerprint density at radius 3 is 2.35 bits per heavy atom. The van der Waals surface area contributed by atoms with Crippen molar-refractivity contribution in [2.75, 3.05) is 6.61 Å². The number of carbonyl (C=O) groups is 1. The molecule has 0 bridgehead atoms. The van der Waals surface area contributed by atoms with Crippen molar-refractivity contribution in [1.29, 1.82) is 0 Å². The summed E-state index contributed by atoms with van der Waals surface area (Å²) in [5.74, 6) is -0.458. The predicted molar refractivity (Wildman–Crippen MR) is 149 cm³/mol.